The Bertz CT molecular complexity index is 1060. The van der Waals surface area contributed by atoms with Gasteiger partial charge in [0, 0.05) is 19.6 Å². The smallest absolute Gasteiger partial charge is 0.407 e. The van der Waals surface area contributed by atoms with Crippen LogP contribution in [-0.4, -0.2) is 61.9 Å². The van der Waals surface area contributed by atoms with Gasteiger partial charge in [-0.2, -0.15) is 0 Å². The molecular weight excluding hydrogens is 450 g/mol. The Morgan fingerprint density at radius 1 is 1.03 bits per heavy atom. The minimum Gasteiger partial charge on any atom is -0.481 e. The maximum Gasteiger partial charge on any atom is 0.407 e. The van der Waals surface area contributed by atoms with E-state index >= 15 is 0 Å². The molecule has 1 fully saturated rings. The summed E-state index contributed by atoms with van der Waals surface area (Å²) in [5, 5.41) is 13.5. The molecule has 2 amide bonds. The van der Waals surface area contributed by atoms with Crippen LogP contribution < -0.4 is 10.6 Å². The van der Waals surface area contributed by atoms with Crippen molar-refractivity contribution in [3.05, 3.63) is 59.7 Å². The molecule has 2 aromatic rings. The van der Waals surface area contributed by atoms with E-state index in [9.17, 15) is 23.2 Å². The number of carbonyl (C=O) groups excluding carboxylic acids is 2. The number of hydrogen-bond donors (Lipinski definition) is 3. The zero-order valence-corrected chi connectivity index (χ0v) is 18.3. The van der Waals surface area contributed by atoms with Crippen molar-refractivity contribution in [1.29, 1.82) is 0 Å². The van der Waals surface area contributed by atoms with Crippen LogP contribution in [0.1, 0.15) is 17.0 Å². The molecule has 0 aliphatic heterocycles. The van der Waals surface area contributed by atoms with Crippen molar-refractivity contribution in [3.8, 4) is 11.1 Å². The number of nitrogens with one attached hydrogen (secondary N) is 2. The average Bonchev–Trinajstić information content (AvgIpc) is 3.23. The number of amides is 2. The number of fused-ring (bicyclic) bond motifs is 3. The van der Waals surface area contributed by atoms with Crippen molar-refractivity contribution in [2.75, 3.05) is 26.8 Å². The first kappa shape index (κ1) is 23.6. The molecule has 1 saturated carbocycles. The fraction of sp³-hybridized carbons (Fsp3) is 0.375. The molecule has 0 aromatic heterocycles. The second-order valence-corrected chi connectivity index (χ2v) is 8.27. The van der Waals surface area contributed by atoms with Gasteiger partial charge >= 0.3 is 12.1 Å². The number of carboxylic acids is 1. The second kappa shape index (κ2) is 9.38. The lowest BCUT2D eigenvalue weighted by Crippen LogP contribution is -2.44. The van der Waals surface area contributed by atoms with Crippen LogP contribution in [-0.2, 0) is 19.1 Å². The van der Waals surface area contributed by atoms with Crippen LogP contribution in [0.25, 0.3) is 11.1 Å². The van der Waals surface area contributed by atoms with E-state index in [1.54, 1.807) is 0 Å². The SMILES string of the molecule is COC(CNC(=O)OCC1c2ccccc2-c2ccccc21)C(=O)NC[C@@H]1[C@H](C(=O)O)C1(F)F. The predicted octanol–water partition coefficient (Wildman–Crippen LogP) is 2.62. The average molecular weight is 474 g/mol. The zero-order valence-electron chi connectivity index (χ0n) is 18.3. The van der Waals surface area contributed by atoms with E-state index in [4.69, 9.17) is 14.6 Å². The molecule has 34 heavy (non-hydrogen) atoms. The van der Waals surface area contributed by atoms with Gasteiger partial charge in [-0.15, -0.1) is 0 Å². The van der Waals surface area contributed by atoms with Gasteiger partial charge in [-0.3, -0.25) is 9.59 Å². The number of carboxylic acid groups (broad SMARTS) is 1. The van der Waals surface area contributed by atoms with Crippen LogP contribution in [0.5, 0.6) is 0 Å². The van der Waals surface area contributed by atoms with Crippen molar-refractivity contribution in [1.82, 2.24) is 10.6 Å². The van der Waals surface area contributed by atoms with Gasteiger partial charge in [0.2, 0.25) is 0 Å². The third-order valence-corrected chi connectivity index (χ3v) is 6.32. The Morgan fingerprint density at radius 2 is 1.62 bits per heavy atom. The van der Waals surface area contributed by atoms with Gasteiger partial charge in [0.1, 0.15) is 12.5 Å². The van der Waals surface area contributed by atoms with Crippen molar-refractivity contribution >= 4 is 18.0 Å². The highest BCUT2D eigenvalue weighted by molar-refractivity contribution is 5.82. The molecule has 180 valence electrons. The Labute approximate surface area is 194 Å². The molecule has 3 atom stereocenters. The van der Waals surface area contributed by atoms with Gasteiger partial charge in [-0.25, -0.2) is 13.6 Å². The van der Waals surface area contributed by atoms with Gasteiger partial charge in [-0.1, -0.05) is 48.5 Å². The Kier molecular flexibility index (Phi) is 6.52. The van der Waals surface area contributed by atoms with E-state index in [0.29, 0.717) is 0 Å². The maximum atomic E-state index is 13.5. The van der Waals surface area contributed by atoms with Crippen LogP contribution in [0.3, 0.4) is 0 Å². The highest BCUT2D eigenvalue weighted by Crippen LogP contribution is 2.54. The minimum absolute atomic E-state index is 0.0943. The summed E-state index contributed by atoms with van der Waals surface area (Å²) < 4.78 is 37.3. The van der Waals surface area contributed by atoms with Crippen LogP contribution in [0.2, 0.25) is 0 Å². The molecule has 0 radical (unpaired) electrons. The molecule has 2 aliphatic carbocycles. The lowest BCUT2D eigenvalue weighted by Gasteiger charge is -2.17. The standard InChI is InChI=1S/C24H24F2N2O6/c1-33-19(21(29)27-10-18-20(22(30)31)24(18,25)26)11-28-23(32)34-12-17-15-8-4-2-6-13(15)14-7-3-5-9-16(14)17/h2-9,17-20H,10-12H2,1H3,(H,27,29)(H,28,32)(H,30,31)/t18-,19?,20-/m1/s1. The Balaban J connectivity index is 1.27. The van der Waals surface area contributed by atoms with E-state index in [1.165, 1.54) is 7.11 Å². The number of methoxy groups -OCH3 is 1. The molecule has 1 unspecified atom stereocenters. The summed E-state index contributed by atoms with van der Waals surface area (Å²) in [4.78, 5) is 35.3. The number of halogens is 2. The molecule has 0 heterocycles. The van der Waals surface area contributed by atoms with E-state index in [-0.39, 0.29) is 19.1 Å². The van der Waals surface area contributed by atoms with Gasteiger partial charge in [0.15, 0.2) is 6.10 Å². The molecular formula is C24H24F2N2O6. The van der Waals surface area contributed by atoms with Crippen molar-refractivity contribution in [3.63, 3.8) is 0 Å². The molecule has 0 saturated heterocycles. The highest BCUT2D eigenvalue weighted by atomic mass is 19.3. The third kappa shape index (κ3) is 4.45. The van der Waals surface area contributed by atoms with Crippen LogP contribution >= 0.6 is 0 Å². The number of aliphatic carboxylic acids is 1. The van der Waals surface area contributed by atoms with Crippen molar-refractivity contribution in [2.45, 2.75) is 17.9 Å². The van der Waals surface area contributed by atoms with E-state index in [2.05, 4.69) is 10.6 Å². The van der Waals surface area contributed by atoms with Gasteiger partial charge in [0.05, 0.1) is 12.5 Å². The van der Waals surface area contributed by atoms with Gasteiger partial charge in [-0.05, 0) is 22.3 Å². The van der Waals surface area contributed by atoms with Crippen LogP contribution in [0.4, 0.5) is 13.6 Å². The summed E-state index contributed by atoms with van der Waals surface area (Å²) in [6.45, 7) is -0.660. The number of benzene rings is 2. The largest absolute Gasteiger partial charge is 0.481 e. The second-order valence-electron chi connectivity index (χ2n) is 8.27. The van der Waals surface area contributed by atoms with E-state index in [1.807, 2.05) is 48.5 Å². The summed E-state index contributed by atoms with van der Waals surface area (Å²) >= 11 is 0. The lowest BCUT2D eigenvalue weighted by atomic mass is 9.98. The zero-order chi connectivity index (χ0) is 24.5. The van der Waals surface area contributed by atoms with Gasteiger partial charge < -0.3 is 25.2 Å². The third-order valence-electron chi connectivity index (χ3n) is 6.32. The summed E-state index contributed by atoms with van der Waals surface area (Å²) in [5.41, 5.74) is 4.30. The fourth-order valence-corrected chi connectivity index (χ4v) is 4.41. The Morgan fingerprint density at radius 3 is 2.15 bits per heavy atom. The first-order chi connectivity index (χ1) is 16.3. The van der Waals surface area contributed by atoms with Gasteiger partial charge in [0.25, 0.3) is 11.8 Å². The summed E-state index contributed by atoms with van der Waals surface area (Å²) in [7, 11) is 1.23. The molecule has 10 heteroatoms. The number of alkyl halides is 2. The number of hydrogen-bond acceptors (Lipinski definition) is 5. The summed E-state index contributed by atoms with van der Waals surface area (Å²) in [5.74, 6) is -9.12. The molecule has 2 aromatic carbocycles. The quantitative estimate of drug-likeness (QED) is 0.515. The molecule has 3 N–H and O–H groups in total. The molecule has 0 spiro atoms. The molecule has 2 aliphatic rings. The van der Waals surface area contributed by atoms with Crippen LogP contribution in [0.15, 0.2) is 48.5 Å². The van der Waals surface area contributed by atoms with E-state index < -0.39 is 48.4 Å². The summed E-state index contributed by atoms with van der Waals surface area (Å²) in [6, 6.07) is 15.8. The van der Waals surface area contributed by atoms with Crippen molar-refractivity contribution in [2.24, 2.45) is 11.8 Å². The lowest BCUT2D eigenvalue weighted by molar-refractivity contribution is -0.141. The molecule has 4 rings (SSSR count). The van der Waals surface area contributed by atoms with E-state index in [0.717, 1.165) is 22.3 Å². The fourth-order valence-electron chi connectivity index (χ4n) is 4.41. The number of carbonyl (C=O) groups is 3. The van der Waals surface area contributed by atoms with Crippen molar-refractivity contribution < 1.29 is 37.7 Å². The normalized spacial score (nSPS) is 20.6. The monoisotopic (exact) mass is 474 g/mol. The number of rotatable bonds is 9. The summed E-state index contributed by atoms with van der Waals surface area (Å²) in [6.07, 6.45) is -1.91. The Hall–Kier alpha value is -3.53. The minimum atomic E-state index is -3.36. The maximum absolute atomic E-state index is 13.5. The first-order valence-corrected chi connectivity index (χ1v) is 10.8. The first-order valence-electron chi connectivity index (χ1n) is 10.8. The molecule has 8 nitrogen and oxygen atoms in total. The molecule has 0 bridgehead atoms. The number of ether oxygens (including phenoxy) is 2. The topological polar surface area (TPSA) is 114 Å². The number of alkyl carbamates (subject to hydrolysis) is 1. The van der Waals surface area contributed by atoms with Crippen LogP contribution in [0, 0.1) is 11.8 Å². The predicted molar refractivity (Wildman–Crippen MR) is 116 cm³/mol. The highest BCUT2D eigenvalue weighted by Gasteiger charge is 2.72.